The van der Waals surface area contributed by atoms with E-state index in [1.807, 2.05) is 0 Å². The lowest BCUT2D eigenvalue weighted by Gasteiger charge is -2.54. The zero-order valence-corrected chi connectivity index (χ0v) is 12.0. The molecule has 0 nitrogen and oxygen atoms in total. The normalized spacial score (nSPS) is 55.5. The minimum atomic E-state index is 0.759. The van der Waals surface area contributed by atoms with Crippen molar-refractivity contribution in [3.05, 3.63) is 6.42 Å². The van der Waals surface area contributed by atoms with Gasteiger partial charge in [-0.25, -0.2) is 0 Å². The lowest BCUT2D eigenvalue weighted by molar-refractivity contribution is -0.0445. The van der Waals surface area contributed by atoms with E-state index in [9.17, 15) is 0 Å². The van der Waals surface area contributed by atoms with Crippen LogP contribution in [0.3, 0.4) is 0 Å². The molecule has 0 aromatic carbocycles. The van der Waals surface area contributed by atoms with Crippen LogP contribution < -0.4 is 0 Å². The van der Waals surface area contributed by atoms with Gasteiger partial charge in [-0.1, -0.05) is 13.3 Å². The molecule has 0 aromatic heterocycles. The molecule has 6 atom stereocenters. The van der Waals surface area contributed by atoms with Crippen molar-refractivity contribution >= 4 is 0 Å². The smallest absolute Gasteiger partial charge is 0.0295 e. The second-order valence-electron chi connectivity index (χ2n) is 8.12. The highest BCUT2D eigenvalue weighted by atomic mass is 14.6. The van der Waals surface area contributed by atoms with E-state index >= 15 is 0 Å². The van der Waals surface area contributed by atoms with E-state index in [1.54, 1.807) is 38.5 Å². The van der Waals surface area contributed by atoms with Crippen molar-refractivity contribution in [3.63, 3.8) is 0 Å². The van der Waals surface area contributed by atoms with Crippen molar-refractivity contribution in [2.45, 2.75) is 71.1 Å². The molecule has 0 amide bonds. The van der Waals surface area contributed by atoms with Crippen LogP contribution in [0.1, 0.15) is 71.1 Å². The SMILES string of the molecule is C[C@@]12CCC[C@H]1[C@@H]1CCC3C[CH]CC[C@@H]3[C@H]1CC2. The van der Waals surface area contributed by atoms with Gasteiger partial charge in [0.2, 0.25) is 0 Å². The van der Waals surface area contributed by atoms with Crippen molar-refractivity contribution in [1.82, 2.24) is 0 Å². The first-order valence-electron chi connectivity index (χ1n) is 8.60. The highest BCUT2D eigenvalue weighted by Crippen LogP contribution is 2.62. The fraction of sp³-hybridized carbons (Fsp3) is 0.944. The minimum Gasteiger partial charge on any atom is -0.0594 e. The fourth-order valence-corrected chi connectivity index (χ4v) is 6.61. The van der Waals surface area contributed by atoms with Crippen molar-refractivity contribution in [3.8, 4) is 0 Å². The van der Waals surface area contributed by atoms with Crippen LogP contribution in [0, 0.1) is 41.4 Å². The van der Waals surface area contributed by atoms with Gasteiger partial charge in [0, 0.05) is 0 Å². The Bertz CT molecular complexity index is 320. The summed E-state index contributed by atoms with van der Waals surface area (Å²) in [6, 6.07) is 0. The summed E-state index contributed by atoms with van der Waals surface area (Å²) in [6.45, 7) is 2.63. The molecule has 1 unspecified atom stereocenters. The first kappa shape index (κ1) is 11.8. The molecular weight excluding hydrogens is 216 g/mol. The summed E-state index contributed by atoms with van der Waals surface area (Å²) in [5.74, 6) is 5.59. The van der Waals surface area contributed by atoms with Gasteiger partial charge >= 0.3 is 0 Å². The summed E-state index contributed by atoms with van der Waals surface area (Å²) in [5.41, 5.74) is 0.759. The topological polar surface area (TPSA) is 0 Å². The van der Waals surface area contributed by atoms with Crippen LogP contribution in [-0.2, 0) is 0 Å². The van der Waals surface area contributed by atoms with Crippen LogP contribution in [0.2, 0.25) is 0 Å². The molecule has 0 aromatic rings. The molecular formula is C18H29. The molecule has 0 heterocycles. The van der Waals surface area contributed by atoms with Gasteiger partial charge in [0.25, 0.3) is 0 Å². The van der Waals surface area contributed by atoms with Crippen LogP contribution in [0.5, 0.6) is 0 Å². The van der Waals surface area contributed by atoms with Crippen LogP contribution in [0.15, 0.2) is 0 Å². The first-order valence-corrected chi connectivity index (χ1v) is 8.60. The van der Waals surface area contributed by atoms with E-state index in [-0.39, 0.29) is 0 Å². The molecule has 18 heavy (non-hydrogen) atoms. The zero-order valence-electron chi connectivity index (χ0n) is 12.0. The molecule has 0 saturated heterocycles. The van der Waals surface area contributed by atoms with Crippen LogP contribution in [0.4, 0.5) is 0 Å². The highest BCUT2D eigenvalue weighted by molar-refractivity contribution is 5.03. The molecule has 4 saturated carbocycles. The summed E-state index contributed by atoms with van der Waals surface area (Å²) in [6.07, 6.45) is 17.9. The summed E-state index contributed by atoms with van der Waals surface area (Å²) in [7, 11) is 0. The predicted molar refractivity (Wildman–Crippen MR) is 76.0 cm³/mol. The van der Waals surface area contributed by atoms with Gasteiger partial charge in [0.1, 0.15) is 0 Å². The van der Waals surface area contributed by atoms with Crippen molar-refractivity contribution in [1.29, 1.82) is 0 Å². The monoisotopic (exact) mass is 245 g/mol. The quantitative estimate of drug-likeness (QED) is 0.548. The molecule has 0 bridgehead atoms. The van der Waals surface area contributed by atoms with Crippen molar-refractivity contribution in [2.24, 2.45) is 35.0 Å². The molecule has 4 aliphatic rings. The Morgan fingerprint density at radius 2 is 1.83 bits per heavy atom. The third-order valence-electron chi connectivity index (χ3n) is 7.47. The van der Waals surface area contributed by atoms with Crippen molar-refractivity contribution < 1.29 is 0 Å². The molecule has 101 valence electrons. The van der Waals surface area contributed by atoms with Gasteiger partial charge in [0.15, 0.2) is 0 Å². The van der Waals surface area contributed by atoms with Gasteiger partial charge in [0.05, 0.1) is 0 Å². The molecule has 0 heteroatoms. The summed E-state index contributed by atoms with van der Waals surface area (Å²) in [4.78, 5) is 0. The van der Waals surface area contributed by atoms with Crippen LogP contribution >= 0.6 is 0 Å². The van der Waals surface area contributed by atoms with E-state index in [4.69, 9.17) is 0 Å². The van der Waals surface area contributed by atoms with Gasteiger partial charge in [-0.05, 0) is 99.2 Å². The van der Waals surface area contributed by atoms with Crippen LogP contribution in [-0.4, -0.2) is 0 Å². The maximum atomic E-state index is 2.63. The van der Waals surface area contributed by atoms with Gasteiger partial charge in [-0.2, -0.15) is 0 Å². The molecule has 0 spiro atoms. The second-order valence-corrected chi connectivity index (χ2v) is 8.12. The Morgan fingerprint density at radius 1 is 0.889 bits per heavy atom. The molecule has 1 radical (unpaired) electrons. The third-order valence-corrected chi connectivity index (χ3v) is 7.47. The third kappa shape index (κ3) is 1.63. The average Bonchev–Trinajstić information content (AvgIpc) is 2.80. The van der Waals surface area contributed by atoms with Gasteiger partial charge in [-0.15, -0.1) is 0 Å². The Labute approximate surface area is 113 Å². The minimum absolute atomic E-state index is 0.759. The average molecular weight is 245 g/mol. The lowest BCUT2D eigenvalue weighted by Crippen LogP contribution is -2.46. The van der Waals surface area contributed by atoms with Gasteiger partial charge in [-0.3, -0.25) is 0 Å². The first-order chi connectivity index (χ1) is 8.78. The van der Waals surface area contributed by atoms with E-state index in [0.29, 0.717) is 0 Å². The van der Waals surface area contributed by atoms with E-state index in [0.717, 1.165) is 35.0 Å². The summed E-state index contributed by atoms with van der Waals surface area (Å²) in [5, 5.41) is 0. The Hall–Kier alpha value is 0. The van der Waals surface area contributed by atoms with Crippen LogP contribution in [0.25, 0.3) is 0 Å². The fourth-order valence-electron chi connectivity index (χ4n) is 6.61. The predicted octanol–water partition coefficient (Wildman–Crippen LogP) is 5.23. The standard InChI is InChI=1S/C18H29/c1-18-11-4-7-17(18)16-9-8-13-5-2-3-6-14(13)15(16)10-12-18/h2,13-17H,3-12H2,1H3/t13?,14-,15+,16+,17-,18-/m0/s1. The lowest BCUT2D eigenvalue weighted by atomic mass is 9.51. The van der Waals surface area contributed by atoms with Crippen molar-refractivity contribution in [2.75, 3.05) is 0 Å². The Kier molecular flexibility index (Phi) is 2.79. The van der Waals surface area contributed by atoms with E-state index in [2.05, 4.69) is 13.3 Å². The Morgan fingerprint density at radius 3 is 2.78 bits per heavy atom. The van der Waals surface area contributed by atoms with E-state index < -0.39 is 0 Å². The number of rotatable bonds is 0. The molecule has 4 fully saturated rings. The summed E-state index contributed by atoms with van der Waals surface area (Å²) >= 11 is 0. The highest BCUT2D eigenvalue weighted by Gasteiger charge is 2.52. The summed E-state index contributed by atoms with van der Waals surface area (Å²) < 4.78 is 0. The molecule has 0 aliphatic heterocycles. The molecule has 0 N–H and O–H groups in total. The molecule has 4 aliphatic carbocycles. The molecule has 4 rings (SSSR count). The van der Waals surface area contributed by atoms with E-state index in [1.165, 1.54) is 25.7 Å². The maximum absolute atomic E-state index is 2.63. The number of hydrogen-bond acceptors (Lipinski definition) is 0. The Balaban J connectivity index is 1.59. The zero-order chi connectivity index (χ0) is 12.2. The maximum Gasteiger partial charge on any atom is -0.0295 e. The van der Waals surface area contributed by atoms with Gasteiger partial charge < -0.3 is 0 Å². The second kappa shape index (κ2) is 4.25. The largest absolute Gasteiger partial charge is 0.0594 e. The number of hydrogen-bond donors (Lipinski definition) is 0. The number of fused-ring (bicyclic) bond motifs is 5.